The third-order valence-corrected chi connectivity index (χ3v) is 3.18. The second-order valence-corrected chi connectivity index (χ2v) is 4.48. The lowest BCUT2D eigenvalue weighted by atomic mass is 10.2. The fraction of sp³-hybridized carbons (Fsp3) is 0.462. The largest absolute Gasteiger partial charge is 0.383 e. The van der Waals surface area contributed by atoms with Crippen molar-refractivity contribution < 1.29 is 4.74 Å². The fourth-order valence-corrected chi connectivity index (χ4v) is 2.12. The van der Waals surface area contributed by atoms with E-state index < -0.39 is 0 Å². The molecule has 0 heterocycles. The third-order valence-electron chi connectivity index (χ3n) is 2.57. The molecule has 1 aromatic carbocycles. The van der Waals surface area contributed by atoms with Gasteiger partial charge in [0.25, 0.3) is 0 Å². The molecular weight excluding hydrogens is 271 g/mol. The molecule has 0 aromatic heterocycles. The van der Waals surface area contributed by atoms with Crippen LogP contribution in [0.4, 0.5) is 5.69 Å². The molecule has 0 saturated heterocycles. The van der Waals surface area contributed by atoms with Gasteiger partial charge in [-0.15, -0.1) is 11.6 Å². The number of nitriles is 1. The van der Waals surface area contributed by atoms with Crippen LogP contribution in [0.1, 0.15) is 12.0 Å². The first-order valence-electron chi connectivity index (χ1n) is 5.68. The van der Waals surface area contributed by atoms with Crippen molar-refractivity contribution in [1.29, 1.82) is 5.26 Å². The van der Waals surface area contributed by atoms with E-state index in [0.717, 1.165) is 11.3 Å². The molecule has 0 amide bonds. The maximum Gasteiger partial charge on any atom is 0.0642 e. The molecule has 0 spiro atoms. The van der Waals surface area contributed by atoms with Crippen LogP contribution < -0.4 is 4.90 Å². The average Bonchev–Trinajstić information content (AvgIpc) is 2.39. The van der Waals surface area contributed by atoms with Crippen molar-refractivity contribution in [2.45, 2.75) is 12.3 Å². The Morgan fingerprint density at radius 1 is 1.39 bits per heavy atom. The van der Waals surface area contributed by atoms with Gasteiger partial charge >= 0.3 is 0 Å². The van der Waals surface area contributed by atoms with Gasteiger partial charge in [0.2, 0.25) is 0 Å². The Bertz CT molecular complexity index is 418. The van der Waals surface area contributed by atoms with E-state index in [-0.39, 0.29) is 0 Å². The molecule has 0 aliphatic rings. The molecular formula is C13H16Cl2N2O. The number of hydrogen-bond acceptors (Lipinski definition) is 3. The number of benzene rings is 1. The summed E-state index contributed by atoms with van der Waals surface area (Å²) in [5, 5.41) is 9.34. The Hall–Kier alpha value is -0.950. The van der Waals surface area contributed by atoms with Crippen LogP contribution in [-0.2, 0) is 10.6 Å². The molecule has 1 aromatic rings. The van der Waals surface area contributed by atoms with Gasteiger partial charge in [-0.05, 0) is 17.7 Å². The SMILES string of the molecule is COCCN(CCC#N)c1ccc(CCl)cc1Cl. The molecule has 0 aliphatic carbocycles. The average molecular weight is 287 g/mol. The molecule has 0 fully saturated rings. The van der Waals surface area contributed by atoms with Gasteiger partial charge in [-0.3, -0.25) is 0 Å². The number of hydrogen-bond donors (Lipinski definition) is 0. The van der Waals surface area contributed by atoms with Gasteiger partial charge in [0, 0.05) is 26.1 Å². The maximum absolute atomic E-state index is 8.68. The Labute approximate surface area is 118 Å². The summed E-state index contributed by atoms with van der Waals surface area (Å²) in [5.74, 6) is 0.441. The lowest BCUT2D eigenvalue weighted by molar-refractivity contribution is 0.205. The highest BCUT2D eigenvalue weighted by Gasteiger charge is 2.10. The molecule has 0 unspecified atom stereocenters. The number of nitrogens with zero attached hydrogens (tertiary/aromatic N) is 2. The van der Waals surface area contributed by atoms with Crippen molar-refractivity contribution in [3.8, 4) is 6.07 Å². The van der Waals surface area contributed by atoms with Gasteiger partial charge in [0.15, 0.2) is 0 Å². The Morgan fingerprint density at radius 3 is 2.72 bits per heavy atom. The zero-order chi connectivity index (χ0) is 13.4. The first-order chi connectivity index (χ1) is 8.72. The predicted molar refractivity (Wildman–Crippen MR) is 75.3 cm³/mol. The number of methoxy groups -OCH3 is 1. The van der Waals surface area contributed by atoms with E-state index in [1.807, 2.05) is 23.1 Å². The summed E-state index contributed by atoms with van der Waals surface area (Å²) in [5.41, 5.74) is 1.90. The topological polar surface area (TPSA) is 36.3 Å². The molecule has 0 bridgehead atoms. The quantitative estimate of drug-likeness (QED) is 0.721. The van der Waals surface area contributed by atoms with Crippen molar-refractivity contribution >= 4 is 28.9 Å². The van der Waals surface area contributed by atoms with E-state index in [9.17, 15) is 0 Å². The van der Waals surface area contributed by atoms with Crippen LogP contribution in [0.5, 0.6) is 0 Å². The van der Waals surface area contributed by atoms with Crippen LogP contribution in [0.15, 0.2) is 18.2 Å². The minimum atomic E-state index is 0.441. The number of rotatable bonds is 7. The standard InChI is InChI=1S/C13H16Cl2N2O/c1-18-8-7-17(6-2-5-16)13-4-3-11(10-14)9-12(13)15/h3-4,9H,2,6-8,10H2,1H3. The second kappa shape index (κ2) is 8.20. The van der Waals surface area contributed by atoms with Crippen molar-refractivity contribution in [3.63, 3.8) is 0 Å². The molecule has 0 saturated carbocycles. The highest BCUT2D eigenvalue weighted by Crippen LogP contribution is 2.27. The molecule has 98 valence electrons. The third kappa shape index (κ3) is 4.38. The lowest BCUT2D eigenvalue weighted by Gasteiger charge is -2.24. The zero-order valence-electron chi connectivity index (χ0n) is 10.3. The normalized spacial score (nSPS) is 10.1. The van der Waals surface area contributed by atoms with Crippen LogP contribution in [0.3, 0.4) is 0 Å². The van der Waals surface area contributed by atoms with Crippen LogP contribution in [0, 0.1) is 11.3 Å². The van der Waals surface area contributed by atoms with Gasteiger partial charge in [-0.2, -0.15) is 5.26 Å². The van der Waals surface area contributed by atoms with Crippen LogP contribution in [0.2, 0.25) is 5.02 Å². The zero-order valence-corrected chi connectivity index (χ0v) is 11.8. The molecule has 0 aliphatic heterocycles. The van der Waals surface area contributed by atoms with E-state index in [4.69, 9.17) is 33.2 Å². The first kappa shape index (κ1) is 15.1. The molecule has 0 atom stereocenters. The summed E-state index contributed by atoms with van der Waals surface area (Å²) in [4.78, 5) is 2.05. The van der Waals surface area contributed by atoms with E-state index in [1.165, 1.54) is 0 Å². The monoisotopic (exact) mass is 286 g/mol. The summed E-state index contributed by atoms with van der Waals surface area (Å²) >= 11 is 12.0. The Kier molecular flexibility index (Phi) is 6.89. The Balaban J connectivity index is 2.86. The van der Waals surface area contributed by atoms with Crippen molar-refractivity contribution in [2.75, 3.05) is 31.7 Å². The molecule has 1 rings (SSSR count). The molecule has 0 radical (unpaired) electrons. The smallest absolute Gasteiger partial charge is 0.0642 e. The van der Waals surface area contributed by atoms with E-state index in [1.54, 1.807) is 7.11 Å². The highest BCUT2D eigenvalue weighted by atomic mass is 35.5. The van der Waals surface area contributed by atoms with Crippen LogP contribution in [-0.4, -0.2) is 26.8 Å². The minimum absolute atomic E-state index is 0.441. The number of halogens is 2. The van der Waals surface area contributed by atoms with Crippen LogP contribution in [0.25, 0.3) is 0 Å². The maximum atomic E-state index is 8.68. The molecule has 18 heavy (non-hydrogen) atoms. The summed E-state index contributed by atoms with van der Waals surface area (Å²) in [6, 6.07) is 7.88. The molecule has 3 nitrogen and oxygen atoms in total. The van der Waals surface area contributed by atoms with E-state index in [2.05, 4.69) is 6.07 Å². The summed E-state index contributed by atoms with van der Waals surface area (Å²) in [7, 11) is 1.65. The summed E-state index contributed by atoms with van der Waals surface area (Å²) in [6.45, 7) is 1.94. The van der Waals surface area contributed by atoms with Crippen molar-refractivity contribution in [1.82, 2.24) is 0 Å². The molecule has 5 heteroatoms. The summed E-state index contributed by atoms with van der Waals surface area (Å²) < 4.78 is 5.07. The Morgan fingerprint density at radius 2 is 2.17 bits per heavy atom. The first-order valence-corrected chi connectivity index (χ1v) is 6.59. The van der Waals surface area contributed by atoms with Gasteiger partial charge < -0.3 is 9.64 Å². The van der Waals surface area contributed by atoms with E-state index in [0.29, 0.717) is 37.0 Å². The van der Waals surface area contributed by atoms with Crippen LogP contribution >= 0.6 is 23.2 Å². The van der Waals surface area contributed by atoms with E-state index >= 15 is 0 Å². The predicted octanol–water partition coefficient (Wildman–Crippen LogP) is 3.45. The highest BCUT2D eigenvalue weighted by molar-refractivity contribution is 6.33. The second-order valence-electron chi connectivity index (χ2n) is 3.81. The lowest BCUT2D eigenvalue weighted by Crippen LogP contribution is -2.28. The van der Waals surface area contributed by atoms with Gasteiger partial charge in [-0.25, -0.2) is 0 Å². The van der Waals surface area contributed by atoms with Gasteiger partial charge in [-0.1, -0.05) is 17.7 Å². The number of alkyl halides is 1. The molecule has 0 N–H and O–H groups in total. The summed E-state index contributed by atoms with van der Waals surface area (Å²) in [6.07, 6.45) is 0.456. The minimum Gasteiger partial charge on any atom is -0.383 e. The van der Waals surface area contributed by atoms with Crippen molar-refractivity contribution in [3.05, 3.63) is 28.8 Å². The van der Waals surface area contributed by atoms with Crippen molar-refractivity contribution in [2.24, 2.45) is 0 Å². The van der Waals surface area contributed by atoms with Gasteiger partial charge in [0.05, 0.1) is 29.8 Å². The number of ether oxygens (including phenoxy) is 1. The fourth-order valence-electron chi connectivity index (χ4n) is 1.63. The number of anilines is 1. The van der Waals surface area contributed by atoms with Gasteiger partial charge in [0.1, 0.15) is 0 Å².